The summed E-state index contributed by atoms with van der Waals surface area (Å²) < 4.78 is 5.34. The fourth-order valence-corrected chi connectivity index (χ4v) is 1.61. The van der Waals surface area contributed by atoms with Crippen molar-refractivity contribution in [2.24, 2.45) is 11.7 Å². The lowest BCUT2D eigenvalue weighted by Crippen LogP contribution is -2.21. The van der Waals surface area contributed by atoms with E-state index >= 15 is 0 Å². The van der Waals surface area contributed by atoms with Crippen molar-refractivity contribution in [3.05, 3.63) is 5.89 Å². The highest BCUT2D eigenvalue weighted by atomic mass is 16.4. The minimum absolute atomic E-state index is 0.117. The number of aromatic nitrogens is 2. The van der Waals surface area contributed by atoms with Crippen molar-refractivity contribution in [3.8, 4) is 0 Å². The second kappa shape index (κ2) is 5.27. The van der Waals surface area contributed by atoms with Gasteiger partial charge in [-0.05, 0) is 25.3 Å². The van der Waals surface area contributed by atoms with Crippen LogP contribution in [0.3, 0.4) is 0 Å². The summed E-state index contributed by atoms with van der Waals surface area (Å²) in [5.74, 6) is 1.13. The lowest BCUT2D eigenvalue weighted by Gasteiger charge is -2.09. The molecule has 1 atom stereocenters. The fourth-order valence-electron chi connectivity index (χ4n) is 1.61. The van der Waals surface area contributed by atoms with Crippen LogP contribution in [0.4, 0.5) is 6.01 Å². The predicted octanol–water partition coefficient (Wildman–Crippen LogP) is 1.26. The van der Waals surface area contributed by atoms with Gasteiger partial charge in [-0.3, -0.25) is 10.1 Å². The van der Waals surface area contributed by atoms with Crippen LogP contribution in [0.5, 0.6) is 0 Å². The van der Waals surface area contributed by atoms with E-state index in [1.54, 1.807) is 0 Å². The van der Waals surface area contributed by atoms with Crippen LogP contribution in [0.1, 0.15) is 44.4 Å². The molecule has 0 saturated heterocycles. The molecule has 2 rings (SSSR count). The first-order valence-electron chi connectivity index (χ1n) is 6.06. The molecule has 17 heavy (non-hydrogen) atoms. The summed E-state index contributed by atoms with van der Waals surface area (Å²) in [5, 5.41) is 10.3. The number of nitrogens with one attached hydrogen (secondary N) is 1. The summed E-state index contributed by atoms with van der Waals surface area (Å²) >= 11 is 0. The quantitative estimate of drug-likeness (QED) is 0.778. The molecule has 0 radical (unpaired) electrons. The van der Waals surface area contributed by atoms with Gasteiger partial charge in [0, 0.05) is 12.3 Å². The molecule has 3 N–H and O–H groups in total. The zero-order valence-electron chi connectivity index (χ0n) is 9.98. The number of anilines is 1. The van der Waals surface area contributed by atoms with Gasteiger partial charge in [-0.25, -0.2) is 0 Å². The zero-order chi connectivity index (χ0) is 12.3. The van der Waals surface area contributed by atoms with E-state index in [2.05, 4.69) is 15.5 Å². The van der Waals surface area contributed by atoms with Crippen LogP contribution in [0.25, 0.3) is 0 Å². The number of hydrogen-bond acceptors (Lipinski definition) is 5. The van der Waals surface area contributed by atoms with Crippen molar-refractivity contribution in [2.75, 3.05) is 11.9 Å². The van der Waals surface area contributed by atoms with E-state index in [9.17, 15) is 4.79 Å². The van der Waals surface area contributed by atoms with Gasteiger partial charge in [0.2, 0.25) is 11.8 Å². The molecule has 1 aliphatic carbocycles. The number of nitrogens with two attached hydrogens (primary N) is 1. The van der Waals surface area contributed by atoms with Crippen LogP contribution in [-0.4, -0.2) is 22.6 Å². The van der Waals surface area contributed by atoms with Gasteiger partial charge >= 0.3 is 6.01 Å². The predicted molar refractivity (Wildman–Crippen MR) is 62.4 cm³/mol. The third-order valence-electron chi connectivity index (χ3n) is 3.00. The zero-order valence-corrected chi connectivity index (χ0v) is 9.98. The lowest BCUT2D eigenvalue weighted by molar-refractivity contribution is -0.117. The van der Waals surface area contributed by atoms with Crippen LogP contribution >= 0.6 is 0 Å². The van der Waals surface area contributed by atoms with Crippen molar-refractivity contribution in [1.82, 2.24) is 10.2 Å². The molecule has 0 aliphatic heterocycles. The first-order chi connectivity index (χ1) is 8.22. The molecule has 1 amide bonds. The SMILES string of the molecule is CCC(CN)CC(=O)Nc1nnc(C2CC2)o1. The Hall–Kier alpha value is -1.43. The lowest BCUT2D eigenvalue weighted by atomic mass is 10.0. The first kappa shape index (κ1) is 12.0. The summed E-state index contributed by atoms with van der Waals surface area (Å²) in [6.07, 6.45) is 3.48. The summed E-state index contributed by atoms with van der Waals surface area (Å²) in [6, 6.07) is 0.198. The molecule has 1 saturated carbocycles. The van der Waals surface area contributed by atoms with E-state index in [-0.39, 0.29) is 17.8 Å². The van der Waals surface area contributed by atoms with Crippen LogP contribution in [0.15, 0.2) is 4.42 Å². The van der Waals surface area contributed by atoms with Gasteiger partial charge in [-0.1, -0.05) is 18.4 Å². The average molecular weight is 238 g/mol. The van der Waals surface area contributed by atoms with Gasteiger partial charge in [0.1, 0.15) is 0 Å². The van der Waals surface area contributed by atoms with E-state index in [0.717, 1.165) is 19.3 Å². The summed E-state index contributed by atoms with van der Waals surface area (Å²) in [7, 11) is 0. The number of hydrogen-bond donors (Lipinski definition) is 2. The van der Waals surface area contributed by atoms with Gasteiger partial charge in [-0.15, -0.1) is 5.10 Å². The maximum absolute atomic E-state index is 11.6. The fraction of sp³-hybridized carbons (Fsp3) is 0.727. The molecule has 1 aliphatic rings. The molecular formula is C11H18N4O2. The highest BCUT2D eigenvalue weighted by molar-refractivity contribution is 5.88. The third kappa shape index (κ3) is 3.26. The Kier molecular flexibility index (Phi) is 3.73. The molecule has 1 aromatic rings. The average Bonchev–Trinajstić information content (AvgIpc) is 3.08. The van der Waals surface area contributed by atoms with Gasteiger partial charge in [0.25, 0.3) is 0 Å². The molecule has 0 aromatic carbocycles. The molecule has 6 heteroatoms. The monoisotopic (exact) mass is 238 g/mol. The number of amides is 1. The van der Waals surface area contributed by atoms with Crippen molar-refractivity contribution in [2.45, 2.75) is 38.5 Å². The molecule has 0 spiro atoms. The van der Waals surface area contributed by atoms with Gasteiger partial charge in [-0.2, -0.15) is 0 Å². The number of rotatable bonds is 6. The number of nitrogens with zero attached hydrogens (tertiary/aromatic N) is 2. The Balaban J connectivity index is 1.84. The Morgan fingerprint density at radius 3 is 2.94 bits per heavy atom. The van der Waals surface area contributed by atoms with Crippen molar-refractivity contribution in [3.63, 3.8) is 0 Å². The van der Waals surface area contributed by atoms with E-state index < -0.39 is 0 Å². The highest BCUT2D eigenvalue weighted by Crippen LogP contribution is 2.39. The Labute approximate surface area is 100.0 Å². The first-order valence-corrected chi connectivity index (χ1v) is 6.06. The molecule has 1 aromatic heterocycles. The van der Waals surface area contributed by atoms with Crippen LogP contribution in [0, 0.1) is 5.92 Å². The van der Waals surface area contributed by atoms with Gasteiger partial charge in [0.15, 0.2) is 0 Å². The third-order valence-corrected chi connectivity index (χ3v) is 3.00. The maximum atomic E-state index is 11.6. The molecular weight excluding hydrogens is 220 g/mol. The summed E-state index contributed by atoms with van der Waals surface area (Å²) in [6.45, 7) is 2.53. The van der Waals surface area contributed by atoms with Crippen LogP contribution in [-0.2, 0) is 4.79 Å². The molecule has 1 unspecified atom stereocenters. The molecule has 6 nitrogen and oxygen atoms in total. The molecule has 94 valence electrons. The van der Waals surface area contributed by atoms with Gasteiger partial charge in [0.05, 0.1) is 0 Å². The topological polar surface area (TPSA) is 94.0 Å². The second-order valence-electron chi connectivity index (χ2n) is 4.48. The number of carbonyl (C=O) groups is 1. The van der Waals surface area contributed by atoms with E-state index in [1.807, 2.05) is 6.92 Å². The van der Waals surface area contributed by atoms with E-state index in [4.69, 9.17) is 10.2 Å². The minimum atomic E-state index is -0.117. The second-order valence-corrected chi connectivity index (χ2v) is 4.48. The van der Waals surface area contributed by atoms with Crippen molar-refractivity contribution >= 4 is 11.9 Å². The number of carbonyl (C=O) groups excluding carboxylic acids is 1. The summed E-state index contributed by atoms with van der Waals surface area (Å²) in [5.41, 5.74) is 5.55. The smallest absolute Gasteiger partial charge is 0.322 e. The van der Waals surface area contributed by atoms with Crippen molar-refractivity contribution in [1.29, 1.82) is 0 Å². The van der Waals surface area contributed by atoms with Gasteiger partial charge < -0.3 is 10.2 Å². The minimum Gasteiger partial charge on any atom is -0.408 e. The standard InChI is InChI=1S/C11H18N4O2/c1-2-7(6-12)5-9(16)13-11-15-14-10(17-11)8-3-4-8/h7-8H,2-6,12H2,1H3,(H,13,15,16). The van der Waals surface area contributed by atoms with E-state index in [0.29, 0.717) is 24.8 Å². The van der Waals surface area contributed by atoms with Crippen molar-refractivity contribution < 1.29 is 9.21 Å². The maximum Gasteiger partial charge on any atom is 0.322 e. The summed E-state index contributed by atoms with van der Waals surface area (Å²) in [4.78, 5) is 11.6. The highest BCUT2D eigenvalue weighted by Gasteiger charge is 2.29. The largest absolute Gasteiger partial charge is 0.408 e. The Morgan fingerprint density at radius 2 is 2.35 bits per heavy atom. The Bertz CT molecular complexity index is 383. The molecule has 1 fully saturated rings. The van der Waals surface area contributed by atoms with Crippen LogP contribution in [0.2, 0.25) is 0 Å². The Morgan fingerprint density at radius 1 is 1.59 bits per heavy atom. The molecule has 1 heterocycles. The molecule has 0 bridgehead atoms. The normalized spacial score (nSPS) is 16.8. The van der Waals surface area contributed by atoms with E-state index in [1.165, 1.54) is 0 Å². The van der Waals surface area contributed by atoms with Crippen LogP contribution < -0.4 is 11.1 Å².